The van der Waals surface area contributed by atoms with Gasteiger partial charge in [0.2, 0.25) is 0 Å². The maximum Gasteiger partial charge on any atom is 0.416 e. The van der Waals surface area contributed by atoms with Crippen LogP contribution in [0.5, 0.6) is 5.75 Å². The van der Waals surface area contributed by atoms with Crippen molar-refractivity contribution in [1.29, 1.82) is 0 Å². The highest BCUT2D eigenvalue weighted by atomic mass is 19.4. The lowest BCUT2D eigenvalue weighted by atomic mass is 10.2. The van der Waals surface area contributed by atoms with Gasteiger partial charge in [-0.15, -0.1) is 0 Å². The quantitative estimate of drug-likeness (QED) is 0.818. The number of carbonyl (C=O) groups is 1. The zero-order valence-electron chi connectivity index (χ0n) is 11.1. The van der Waals surface area contributed by atoms with E-state index in [2.05, 4.69) is 9.84 Å². The molecule has 112 valence electrons. The van der Waals surface area contributed by atoms with Gasteiger partial charge in [0.05, 0.1) is 31.5 Å². The van der Waals surface area contributed by atoms with E-state index in [-0.39, 0.29) is 17.0 Å². The predicted molar refractivity (Wildman–Crippen MR) is 66.5 cm³/mol. The van der Waals surface area contributed by atoms with Crippen molar-refractivity contribution in [2.75, 3.05) is 14.2 Å². The number of carbonyl (C=O) groups excluding carboxylic acids is 1. The molecule has 0 unspecified atom stereocenters. The Morgan fingerprint density at radius 1 is 1.29 bits per heavy atom. The highest BCUT2D eigenvalue weighted by molar-refractivity contribution is 5.88. The average Bonchev–Trinajstić information content (AvgIpc) is 2.94. The molecular formula is C13H11F3N2O3. The Bertz CT molecular complexity index is 665. The van der Waals surface area contributed by atoms with E-state index < -0.39 is 17.7 Å². The summed E-state index contributed by atoms with van der Waals surface area (Å²) in [6.45, 7) is 0. The fourth-order valence-electron chi connectivity index (χ4n) is 1.72. The number of alkyl halides is 3. The number of benzene rings is 1. The number of ether oxygens (including phenoxy) is 2. The second kappa shape index (κ2) is 5.47. The lowest BCUT2D eigenvalue weighted by molar-refractivity contribution is -0.137. The Morgan fingerprint density at radius 2 is 2.00 bits per heavy atom. The molecular weight excluding hydrogens is 289 g/mol. The molecule has 2 rings (SSSR count). The largest absolute Gasteiger partial charge is 0.494 e. The van der Waals surface area contributed by atoms with Crippen molar-refractivity contribution in [2.45, 2.75) is 6.18 Å². The Morgan fingerprint density at radius 3 is 2.57 bits per heavy atom. The topological polar surface area (TPSA) is 53.3 Å². The van der Waals surface area contributed by atoms with E-state index in [9.17, 15) is 18.0 Å². The molecule has 0 saturated carbocycles. The van der Waals surface area contributed by atoms with Crippen LogP contribution in [-0.4, -0.2) is 30.0 Å². The van der Waals surface area contributed by atoms with Crippen LogP contribution in [-0.2, 0) is 10.9 Å². The molecule has 0 atom stereocenters. The summed E-state index contributed by atoms with van der Waals surface area (Å²) < 4.78 is 48.9. The zero-order valence-corrected chi connectivity index (χ0v) is 11.1. The normalized spacial score (nSPS) is 11.3. The summed E-state index contributed by atoms with van der Waals surface area (Å²) in [5.74, 6) is -0.435. The van der Waals surface area contributed by atoms with Crippen molar-refractivity contribution in [2.24, 2.45) is 0 Å². The van der Waals surface area contributed by atoms with Crippen LogP contribution >= 0.6 is 0 Å². The van der Waals surface area contributed by atoms with E-state index in [1.165, 1.54) is 32.7 Å². The van der Waals surface area contributed by atoms with E-state index in [4.69, 9.17) is 4.74 Å². The minimum absolute atomic E-state index is 0.0717. The van der Waals surface area contributed by atoms with Crippen LogP contribution in [0.25, 0.3) is 5.69 Å². The van der Waals surface area contributed by atoms with E-state index in [0.29, 0.717) is 0 Å². The molecule has 0 bridgehead atoms. The molecule has 1 aromatic heterocycles. The van der Waals surface area contributed by atoms with Gasteiger partial charge in [0.1, 0.15) is 11.4 Å². The number of methoxy groups -OCH3 is 2. The van der Waals surface area contributed by atoms with Crippen molar-refractivity contribution in [3.05, 3.63) is 41.7 Å². The summed E-state index contributed by atoms with van der Waals surface area (Å²) in [6, 6.07) is 3.00. The van der Waals surface area contributed by atoms with Gasteiger partial charge >= 0.3 is 12.1 Å². The van der Waals surface area contributed by atoms with Gasteiger partial charge in [0, 0.05) is 6.20 Å². The van der Waals surface area contributed by atoms with Gasteiger partial charge in [-0.05, 0) is 18.2 Å². The maximum absolute atomic E-state index is 12.8. The third-order valence-corrected chi connectivity index (χ3v) is 2.76. The molecule has 0 aliphatic heterocycles. The fourth-order valence-corrected chi connectivity index (χ4v) is 1.72. The van der Waals surface area contributed by atoms with E-state index in [0.717, 1.165) is 16.8 Å². The number of aromatic nitrogens is 2. The SMILES string of the molecule is COC(=O)c1cnn(-c2cc(C(F)(F)F)ccc2OC)c1. The third-order valence-electron chi connectivity index (χ3n) is 2.76. The molecule has 0 N–H and O–H groups in total. The summed E-state index contributed by atoms with van der Waals surface area (Å²) in [5, 5.41) is 3.86. The van der Waals surface area contributed by atoms with Crippen LogP contribution in [0.4, 0.5) is 13.2 Å². The molecule has 0 aliphatic rings. The van der Waals surface area contributed by atoms with Crippen LogP contribution in [0.15, 0.2) is 30.6 Å². The van der Waals surface area contributed by atoms with Crippen LogP contribution in [0.1, 0.15) is 15.9 Å². The smallest absolute Gasteiger partial charge is 0.416 e. The first-order valence-electron chi connectivity index (χ1n) is 5.75. The van der Waals surface area contributed by atoms with Crippen molar-refractivity contribution >= 4 is 5.97 Å². The number of esters is 1. The van der Waals surface area contributed by atoms with Crippen LogP contribution in [0.2, 0.25) is 0 Å². The molecule has 1 heterocycles. The Hall–Kier alpha value is -2.51. The van der Waals surface area contributed by atoms with Gasteiger partial charge < -0.3 is 9.47 Å². The standard InChI is InChI=1S/C13H11F3N2O3/c1-20-11-4-3-9(13(14,15)16)5-10(11)18-7-8(6-17-18)12(19)21-2/h3-7H,1-2H3. The number of nitrogens with zero attached hydrogens (tertiary/aromatic N) is 2. The minimum Gasteiger partial charge on any atom is -0.494 e. The fraction of sp³-hybridized carbons (Fsp3) is 0.231. The summed E-state index contributed by atoms with van der Waals surface area (Å²) in [5.41, 5.74) is -0.645. The Kier molecular flexibility index (Phi) is 3.88. The monoisotopic (exact) mass is 300 g/mol. The first kappa shape index (κ1) is 14.9. The molecule has 0 radical (unpaired) electrons. The maximum atomic E-state index is 12.8. The predicted octanol–water partition coefficient (Wildman–Crippen LogP) is 2.69. The molecule has 0 spiro atoms. The first-order chi connectivity index (χ1) is 9.86. The van der Waals surface area contributed by atoms with Gasteiger partial charge in [-0.2, -0.15) is 18.3 Å². The summed E-state index contributed by atoms with van der Waals surface area (Å²) >= 11 is 0. The number of rotatable bonds is 3. The van der Waals surface area contributed by atoms with Crippen LogP contribution < -0.4 is 4.74 Å². The van der Waals surface area contributed by atoms with Crippen LogP contribution in [0, 0.1) is 0 Å². The lowest BCUT2D eigenvalue weighted by Gasteiger charge is -2.12. The van der Waals surface area contributed by atoms with Gasteiger partial charge in [0.25, 0.3) is 0 Å². The molecule has 0 fully saturated rings. The van der Waals surface area contributed by atoms with Gasteiger partial charge in [-0.25, -0.2) is 9.48 Å². The van der Waals surface area contributed by atoms with E-state index in [1.54, 1.807) is 0 Å². The summed E-state index contributed by atoms with van der Waals surface area (Å²) in [7, 11) is 2.53. The molecule has 8 heteroatoms. The van der Waals surface area contributed by atoms with Gasteiger partial charge in [-0.1, -0.05) is 0 Å². The molecule has 5 nitrogen and oxygen atoms in total. The molecule has 2 aromatic rings. The number of hydrogen-bond acceptors (Lipinski definition) is 4. The highest BCUT2D eigenvalue weighted by Crippen LogP contribution is 2.33. The van der Waals surface area contributed by atoms with E-state index >= 15 is 0 Å². The Labute approximate surface area is 117 Å². The molecule has 21 heavy (non-hydrogen) atoms. The minimum atomic E-state index is -4.49. The molecule has 0 saturated heterocycles. The molecule has 1 aromatic carbocycles. The number of halogens is 3. The first-order valence-corrected chi connectivity index (χ1v) is 5.75. The summed E-state index contributed by atoms with van der Waals surface area (Å²) in [4.78, 5) is 11.4. The number of hydrogen-bond donors (Lipinski definition) is 0. The molecule has 0 aliphatic carbocycles. The average molecular weight is 300 g/mol. The highest BCUT2D eigenvalue weighted by Gasteiger charge is 2.31. The van der Waals surface area contributed by atoms with Gasteiger partial charge in [0.15, 0.2) is 0 Å². The lowest BCUT2D eigenvalue weighted by Crippen LogP contribution is -2.07. The zero-order chi connectivity index (χ0) is 15.6. The van der Waals surface area contributed by atoms with E-state index in [1.807, 2.05) is 0 Å². The summed E-state index contributed by atoms with van der Waals surface area (Å²) in [6.07, 6.45) is -2.02. The molecule has 0 amide bonds. The van der Waals surface area contributed by atoms with Crippen molar-refractivity contribution < 1.29 is 27.4 Å². The van der Waals surface area contributed by atoms with Crippen LogP contribution in [0.3, 0.4) is 0 Å². The Balaban J connectivity index is 2.51. The van der Waals surface area contributed by atoms with Crippen molar-refractivity contribution in [3.63, 3.8) is 0 Å². The van der Waals surface area contributed by atoms with Crippen molar-refractivity contribution in [3.8, 4) is 11.4 Å². The van der Waals surface area contributed by atoms with Gasteiger partial charge in [-0.3, -0.25) is 0 Å². The second-order valence-corrected chi connectivity index (χ2v) is 4.05. The third kappa shape index (κ3) is 2.99. The van der Waals surface area contributed by atoms with Crippen molar-refractivity contribution in [1.82, 2.24) is 9.78 Å². The second-order valence-electron chi connectivity index (χ2n) is 4.05.